The minimum absolute atomic E-state index is 0.0271. The summed E-state index contributed by atoms with van der Waals surface area (Å²) in [4.78, 5) is 18.5. The average Bonchev–Trinajstić information content (AvgIpc) is 2.93. The summed E-state index contributed by atoms with van der Waals surface area (Å²) in [5, 5.41) is 9.64. The molecule has 0 aliphatic carbocycles. The monoisotopic (exact) mass is 547 g/mol. The lowest BCUT2D eigenvalue weighted by Crippen LogP contribution is -2.48. The van der Waals surface area contributed by atoms with Crippen LogP contribution in [0.1, 0.15) is 43.0 Å². The number of carbonyl (C=O) groups excluding carboxylic acids is 1. The Morgan fingerprint density at radius 2 is 1.85 bits per heavy atom. The number of alkyl halides is 1. The third kappa shape index (κ3) is 6.13. The molecule has 0 unspecified atom stereocenters. The van der Waals surface area contributed by atoms with Crippen LogP contribution in [0.25, 0.3) is 10.9 Å². The zero-order chi connectivity index (χ0) is 28.2. The van der Waals surface area contributed by atoms with E-state index in [-0.39, 0.29) is 43.2 Å². The zero-order valence-electron chi connectivity index (χ0n) is 21.0. The fourth-order valence-corrected chi connectivity index (χ4v) is 4.91. The smallest absolute Gasteiger partial charge is 0.249 e. The Balaban J connectivity index is 1.45. The molecule has 1 saturated heterocycles. The maximum atomic E-state index is 15.5. The second-order valence-electron chi connectivity index (χ2n) is 9.45. The number of hydrogen-bond acceptors (Lipinski definition) is 5. The molecule has 1 aromatic heterocycles. The molecule has 1 aliphatic heterocycles. The van der Waals surface area contributed by atoms with E-state index in [1.165, 1.54) is 13.2 Å². The van der Waals surface area contributed by atoms with E-state index in [9.17, 15) is 27.6 Å². The Morgan fingerprint density at radius 1 is 1.15 bits per heavy atom. The largest absolute Gasteiger partial charge is 0.497 e. The van der Waals surface area contributed by atoms with Crippen LogP contribution in [0.2, 0.25) is 0 Å². The van der Waals surface area contributed by atoms with Crippen LogP contribution in [0.5, 0.6) is 5.75 Å². The first-order valence-corrected chi connectivity index (χ1v) is 12.2. The van der Waals surface area contributed by atoms with Gasteiger partial charge in [0, 0.05) is 36.2 Å². The van der Waals surface area contributed by atoms with Crippen LogP contribution in [-0.4, -0.2) is 47.7 Å². The van der Waals surface area contributed by atoms with Crippen LogP contribution >= 0.6 is 0 Å². The molecule has 206 valence electrons. The van der Waals surface area contributed by atoms with Gasteiger partial charge in [0.2, 0.25) is 5.91 Å². The summed E-state index contributed by atoms with van der Waals surface area (Å²) < 4.78 is 76.1. The molecule has 11 heteroatoms. The molecule has 3 aromatic rings. The molecule has 1 fully saturated rings. The van der Waals surface area contributed by atoms with Gasteiger partial charge >= 0.3 is 0 Å². The Bertz CT molecular complexity index is 1410. The number of hydroxylamine groups is 1. The summed E-state index contributed by atoms with van der Waals surface area (Å²) in [5.41, 5.74) is 0.237. The van der Waals surface area contributed by atoms with Crippen molar-refractivity contribution < 1.29 is 36.7 Å². The molecule has 39 heavy (non-hydrogen) atoms. The minimum Gasteiger partial charge on any atom is -0.497 e. The number of likely N-dealkylation sites (tertiary alicyclic amines) is 1. The highest BCUT2D eigenvalue weighted by Crippen LogP contribution is 2.41. The van der Waals surface area contributed by atoms with Crippen LogP contribution in [0, 0.1) is 40.5 Å². The van der Waals surface area contributed by atoms with E-state index >= 15 is 4.39 Å². The van der Waals surface area contributed by atoms with Crippen LogP contribution in [0.3, 0.4) is 0 Å². The molecule has 1 aliphatic rings. The first kappa shape index (κ1) is 28.3. The fraction of sp³-hybridized carbons (Fsp3) is 0.357. The first-order chi connectivity index (χ1) is 18.7. The maximum absolute atomic E-state index is 15.5. The second kappa shape index (κ2) is 12.0. The number of fused-ring (bicyclic) bond motifs is 1. The lowest BCUT2D eigenvalue weighted by atomic mass is 9.73. The molecular formula is C28H26F5N3O3. The number of methoxy groups -OCH3 is 1. The molecule has 0 saturated carbocycles. The number of piperidine rings is 1. The predicted octanol–water partition coefficient (Wildman–Crippen LogP) is 5.23. The molecule has 0 radical (unpaired) electrons. The number of amides is 1. The first-order valence-electron chi connectivity index (χ1n) is 12.2. The molecule has 2 heterocycles. The van der Waals surface area contributed by atoms with Crippen molar-refractivity contribution in [3.63, 3.8) is 0 Å². The second-order valence-corrected chi connectivity index (χ2v) is 9.45. The highest BCUT2D eigenvalue weighted by molar-refractivity contribution is 5.84. The summed E-state index contributed by atoms with van der Waals surface area (Å²) in [6.07, 6.45) is -0.490. The van der Waals surface area contributed by atoms with Crippen LogP contribution in [-0.2, 0) is 4.79 Å². The summed E-state index contributed by atoms with van der Waals surface area (Å²) in [7, 11) is 1.44. The maximum Gasteiger partial charge on any atom is 0.249 e. The van der Waals surface area contributed by atoms with Gasteiger partial charge in [-0.05, 0) is 43.9 Å². The molecule has 4 rings (SSSR count). The molecule has 2 aromatic carbocycles. The molecule has 6 nitrogen and oxygen atoms in total. The standard InChI is InChI=1S/C28H26F5N3O3/c1-39-18-4-5-25-20(15-18)26(24(33)16-34-25)21(30)6-7-28(27(37)35-38)8-11-36(12-9-28)10-2-3-19-22(31)13-17(29)14-23(19)32/h4-5,13-16,21,38H,6-12H2,1H3,(H,35,37)/t21-/m1/s1. The quantitative estimate of drug-likeness (QED) is 0.184. The average molecular weight is 548 g/mol. The number of halogens is 5. The van der Waals surface area contributed by atoms with Gasteiger partial charge in [-0.1, -0.05) is 11.8 Å². The molecule has 1 amide bonds. The zero-order valence-corrected chi connectivity index (χ0v) is 21.0. The van der Waals surface area contributed by atoms with Gasteiger partial charge in [-0.3, -0.25) is 19.9 Å². The van der Waals surface area contributed by atoms with E-state index in [1.54, 1.807) is 17.6 Å². The lowest BCUT2D eigenvalue weighted by molar-refractivity contribution is -0.143. The van der Waals surface area contributed by atoms with Gasteiger partial charge in [-0.25, -0.2) is 27.4 Å². The van der Waals surface area contributed by atoms with Gasteiger partial charge in [-0.15, -0.1) is 0 Å². The molecule has 0 spiro atoms. The number of nitrogens with one attached hydrogen (secondary N) is 1. The number of carbonyl (C=O) groups is 1. The normalized spacial score (nSPS) is 15.9. The molecule has 0 bridgehead atoms. The van der Waals surface area contributed by atoms with Crippen molar-refractivity contribution in [2.45, 2.75) is 31.9 Å². The summed E-state index contributed by atoms with van der Waals surface area (Å²) >= 11 is 0. The number of nitrogens with zero attached hydrogens (tertiary/aromatic N) is 2. The number of ether oxygens (including phenoxy) is 1. The van der Waals surface area contributed by atoms with Gasteiger partial charge < -0.3 is 4.74 Å². The highest BCUT2D eigenvalue weighted by atomic mass is 19.2. The van der Waals surface area contributed by atoms with Gasteiger partial charge in [0.15, 0.2) is 0 Å². The Morgan fingerprint density at radius 3 is 2.49 bits per heavy atom. The number of rotatable bonds is 7. The molecular weight excluding hydrogens is 521 g/mol. The van der Waals surface area contributed by atoms with Gasteiger partial charge in [0.05, 0.1) is 36.3 Å². The molecule has 1 atom stereocenters. The van der Waals surface area contributed by atoms with E-state index in [2.05, 4.69) is 16.8 Å². The van der Waals surface area contributed by atoms with Crippen LogP contribution in [0.15, 0.2) is 36.5 Å². The lowest BCUT2D eigenvalue weighted by Gasteiger charge is -2.39. The van der Waals surface area contributed by atoms with E-state index in [4.69, 9.17) is 4.74 Å². The number of pyridine rings is 1. The summed E-state index contributed by atoms with van der Waals surface area (Å²) in [6.45, 7) is 0.781. The van der Waals surface area contributed by atoms with Crippen molar-refractivity contribution in [2.24, 2.45) is 5.41 Å². The van der Waals surface area contributed by atoms with E-state index in [0.717, 1.165) is 6.20 Å². The van der Waals surface area contributed by atoms with Crippen molar-refractivity contribution in [2.75, 3.05) is 26.7 Å². The van der Waals surface area contributed by atoms with Crippen molar-refractivity contribution in [3.8, 4) is 17.6 Å². The summed E-state index contributed by atoms with van der Waals surface area (Å²) in [5.74, 6) is 0.712. The molecule has 2 N–H and O–H groups in total. The number of hydrogen-bond donors (Lipinski definition) is 2. The third-order valence-corrected chi connectivity index (χ3v) is 7.18. The third-order valence-electron chi connectivity index (χ3n) is 7.18. The minimum atomic E-state index is -1.75. The summed E-state index contributed by atoms with van der Waals surface area (Å²) in [6, 6.07) is 5.83. The fourth-order valence-electron chi connectivity index (χ4n) is 4.91. The Hall–Kier alpha value is -3.75. The van der Waals surface area contributed by atoms with E-state index in [0.29, 0.717) is 36.5 Å². The number of benzene rings is 2. The van der Waals surface area contributed by atoms with E-state index < -0.39 is 46.3 Å². The van der Waals surface area contributed by atoms with Crippen molar-refractivity contribution in [1.82, 2.24) is 15.4 Å². The van der Waals surface area contributed by atoms with Crippen molar-refractivity contribution in [1.29, 1.82) is 0 Å². The van der Waals surface area contributed by atoms with Crippen molar-refractivity contribution >= 4 is 16.8 Å². The van der Waals surface area contributed by atoms with Crippen molar-refractivity contribution in [3.05, 3.63) is 70.9 Å². The Kier molecular flexibility index (Phi) is 8.67. The van der Waals surface area contributed by atoms with Gasteiger partial charge in [0.1, 0.15) is 35.2 Å². The van der Waals surface area contributed by atoms with E-state index in [1.807, 2.05) is 4.90 Å². The SMILES string of the molecule is COc1ccc2ncc(F)c([C@H](F)CCC3(C(=O)NO)CCN(CC#Cc4c(F)cc(F)cc4F)CC3)c2c1. The number of aromatic nitrogens is 1. The Labute approximate surface area is 221 Å². The van der Waals surface area contributed by atoms with Gasteiger partial charge in [-0.2, -0.15) is 0 Å². The topological polar surface area (TPSA) is 74.7 Å². The highest BCUT2D eigenvalue weighted by Gasteiger charge is 2.41. The predicted molar refractivity (Wildman–Crippen MR) is 133 cm³/mol. The van der Waals surface area contributed by atoms with Crippen LogP contribution in [0.4, 0.5) is 22.0 Å². The van der Waals surface area contributed by atoms with Crippen LogP contribution < -0.4 is 10.2 Å². The van der Waals surface area contributed by atoms with Gasteiger partial charge in [0.25, 0.3) is 0 Å².